The summed E-state index contributed by atoms with van der Waals surface area (Å²) in [5, 5.41) is 19.5. The highest BCUT2D eigenvalue weighted by molar-refractivity contribution is 7.13. The minimum absolute atomic E-state index is 0.330. The monoisotopic (exact) mass is 522 g/mol. The number of carboxylic acid groups (broad SMARTS) is 1. The molecule has 0 radical (unpaired) electrons. The largest absolute Gasteiger partial charge is 0.478 e. The number of nitrogens with zero attached hydrogens (tertiary/aromatic N) is 2. The molecule has 0 bridgehead atoms. The number of rotatable bonds is 7. The lowest BCUT2D eigenvalue weighted by Crippen LogP contribution is -2.16. The Labute approximate surface area is 224 Å². The molecule has 0 spiro atoms. The summed E-state index contributed by atoms with van der Waals surface area (Å²) in [5.41, 5.74) is 9.51. The summed E-state index contributed by atoms with van der Waals surface area (Å²) in [6.07, 6.45) is 7.86. The van der Waals surface area contributed by atoms with Crippen LogP contribution in [-0.4, -0.2) is 16.1 Å². The van der Waals surface area contributed by atoms with E-state index in [0.717, 1.165) is 69.2 Å². The van der Waals surface area contributed by atoms with Crippen LogP contribution < -0.4 is 0 Å². The average Bonchev–Trinajstić information content (AvgIpc) is 3.42. The van der Waals surface area contributed by atoms with Gasteiger partial charge in [0.15, 0.2) is 0 Å². The van der Waals surface area contributed by atoms with E-state index < -0.39 is 5.97 Å². The number of thiazole rings is 1. The highest BCUT2D eigenvalue weighted by atomic mass is 35.5. The lowest BCUT2D eigenvalue weighted by Gasteiger charge is -2.32. The molecule has 182 valence electrons. The molecule has 3 aromatic carbocycles. The normalized spacial score (nSPS) is 14.2. The van der Waals surface area contributed by atoms with E-state index in [0.29, 0.717) is 16.5 Å². The molecule has 37 heavy (non-hydrogen) atoms. The van der Waals surface area contributed by atoms with Gasteiger partial charge in [-0.15, -0.1) is 11.3 Å². The second-order valence-electron chi connectivity index (χ2n) is 8.95. The summed E-state index contributed by atoms with van der Waals surface area (Å²) in [6, 6.07) is 24.3. The maximum atomic E-state index is 11.0. The van der Waals surface area contributed by atoms with Crippen molar-refractivity contribution in [2.75, 3.05) is 0 Å². The lowest BCUT2D eigenvalue weighted by molar-refractivity contribution is -0.131. The number of carbonyl (C=O) groups is 1. The molecule has 6 heteroatoms. The van der Waals surface area contributed by atoms with E-state index in [9.17, 15) is 10.1 Å². The van der Waals surface area contributed by atoms with Gasteiger partial charge in [0.1, 0.15) is 0 Å². The van der Waals surface area contributed by atoms with Crippen LogP contribution in [-0.2, 0) is 4.79 Å². The maximum Gasteiger partial charge on any atom is 0.328 e. The van der Waals surface area contributed by atoms with Crippen molar-refractivity contribution in [2.24, 2.45) is 5.92 Å². The third-order valence-corrected chi connectivity index (χ3v) is 7.74. The van der Waals surface area contributed by atoms with Gasteiger partial charge in [0.2, 0.25) is 0 Å². The number of hydrogen-bond acceptors (Lipinski definition) is 4. The van der Waals surface area contributed by atoms with Crippen LogP contribution >= 0.6 is 22.9 Å². The van der Waals surface area contributed by atoms with E-state index in [1.54, 1.807) is 23.5 Å². The Morgan fingerprint density at radius 3 is 2.32 bits per heavy atom. The van der Waals surface area contributed by atoms with Crippen LogP contribution in [0.2, 0.25) is 5.02 Å². The molecule has 1 saturated carbocycles. The summed E-state index contributed by atoms with van der Waals surface area (Å²) >= 11 is 7.86. The maximum absolute atomic E-state index is 11.0. The molecule has 0 unspecified atom stereocenters. The quantitative estimate of drug-likeness (QED) is 0.196. The van der Waals surface area contributed by atoms with Crippen molar-refractivity contribution in [2.45, 2.75) is 19.3 Å². The van der Waals surface area contributed by atoms with Gasteiger partial charge in [0.25, 0.3) is 0 Å². The zero-order chi connectivity index (χ0) is 25.8. The Kier molecular flexibility index (Phi) is 7.32. The summed E-state index contributed by atoms with van der Waals surface area (Å²) in [4.78, 5) is 16.3. The zero-order valence-electron chi connectivity index (χ0n) is 19.9. The van der Waals surface area contributed by atoms with Gasteiger partial charge in [-0.25, -0.2) is 4.79 Å². The number of halogens is 1. The molecule has 1 aromatic heterocycles. The van der Waals surface area contributed by atoms with Crippen molar-refractivity contribution in [3.8, 4) is 16.5 Å². The number of hydrogen-bond donors (Lipinski definition) is 1. The molecule has 0 atom stereocenters. The van der Waals surface area contributed by atoms with E-state index in [-0.39, 0.29) is 0 Å². The van der Waals surface area contributed by atoms with Crippen LogP contribution in [0.4, 0.5) is 0 Å². The topological polar surface area (TPSA) is 74.0 Å². The van der Waals surface area contributed by atoms with Crippen LogP contribution in [0.15, 0.2) is 84.5 Å². The van der Waals surface area contributed by atoms with Crippen LogP contribution in [0.3, 0.4) is 0 Å². The highest BCUT2D eigenvalue weighted by Gasteiger charge is 2.28. The molecule has 4 aromatic rings. The van der Waals surface area contributed by atoms with Crippen LogP contribution in [0.25, 0.3) is 27.7 Å². The van der Waals surface area contributed by atoms with E-state index in [4.69, 9.17) is 16.7 Å². The second kappa shape index (κ2) is 11.0. The lowest BCUT2D eigenvalue weighted by atomic mass is 9.72. The first-order chi connectivity index (χ1) is 18.0. The van der Waals surface area contributed by atoms with E-state index in [2.05, 4.69) is 35.3 Å². The fraction of sp³-hybridized carbons (Fsp3) is 0.129. The minimum atomic E-state index is -0.982. The first-order valence-electron chi connectivity index (χ1n) is 12.0. The number of carboxylic acids is 1. The van der Waals surface area contributed by atoms with Crippen molar-refractivity contribution in [3.63, 3.8) is 0 Å². The van der Waals surface area contributed by atoms with E-state index >= 15 is 0 Å². The van der Waals surface area contributed by atoms with Gasteiger partial charge < -0.3 is 5.11 Å². The molecule has 0 aliphatic heterocycles. The Bertz CT molecular complexity index is 1530. The van der Waals surface area contributed by atoms with Gasteiger partial charge in [0.05, 0.1) is 22.0 Å². The smallest absolute Gasteiger partial charge is 0.328 e. The fourth-order valence-corrected chi connectivity index (χ4v) is 5.47. The number of nitriles is 1. The van der Waals surface area contributed by atoms with Gasteiger partial charge in [-0.2, -0.15) is 5.26 Å². The van der Waals surface area contributed by atoms with Gasteiger partial charge in [0, 0.05) is 17.3 Å². The van der Waals surface area contributed by atoms with Crippen molar-refractivity contribution in [1.82, 2.24) is 4.98 Å². The Morgan fingerprint density at radius 2 is 1.76 bits per heavy atom. The van der Waals surface area contributed by atoms with Crippen molar-refractivity contribution >= 4 is 46.1 Å². The third-order valence-electron chi connectivity index (χ3n) is 6.68. The second-order valence-corrected chi connectivity index (χ2v) is 10.3. The van der Waals surface area contributed by atoms with Crippen LogP contribution in [0.1, 0.15) is 47.1 Å². The zero-order valence-corrected chi connectivity index (χ0v) is 21.5. The summed E-state index contributed by atoms with van der Waals surface area (Å²) in [6.45, 7) is 0. The summed E-state index contributed by atoms with van der Waals surface area (Å²) in [7, 11) is 0. The van der Waals surface area contributed by atoms with Crippen molar-refractivity contribution < 1.29 is 9.90 Å². The van der Waals surface area contributed by atoms with E-state index in [1.165, 1.54) is 0 Å². The summed E-state index contributed by atoms with van der Waals surface area (Å²) in [5.74, 6) is -0.652. The number of allylic oxidation sites excluding steroid dienone is 1. The van der Waals surface area contributed by atoms with E-state index in [1.807, 2.05) is 48.1 Å². The SMILES string of the molecule is N#Cc1cc(Cl)ccc1/C(=C(\c1ccc(/C=C/C(=O)O)cc1)c1ccc(-c2cncs2)cc1)C1CCC1. The minimum Gasteiger partial charge on any atom is -0.478 e. The number of aromatic nitrogens is 1. The van der Waals surface area contributed by atoms with Gasteiger partial charge in [-0.05, 0) is 75.9 Å². The summed E-state index contributed by atoms with van der Waals surface area (Å²) < 4.78 is 0. The standard InChI is InChI=1S/C31H23ClN2O2S/c32-26-13-14-27(25(16-26)17-33)31(22-2-1-3-22)30(23-7-4-20(5-8-23)6-15-29(35)36)24-11-9-21(10-12-24)28-18-34-19-37-28/h4-16,18-19,22H,1-3H2,(H,35,36)/b15-6+,31-30+. The molecule has 0 amide bonds. The van der Waals surface area contributed by atoms with Crippen molar-refractivity contribution in [3.05, 3.63) is 117 Å². The predicted molar refractivity (Wildman–Crippen MR) is 150 cm³/mol. The highest BCUT2D eigenvalue weighted by Crippen LogP contribution is 2.46. The molecule has 1 aliphatic rings. The number of aliphatic carboxylic acids is 1. The molecule has 1 aliphatic carbocycles. The molecule has 0 saturated heterocycles. The Morgan fingerprint density at radius 1 is 1.05 bits per heavy atom. The molecule has 1 heterocycles. The first kappa shape index (κ1) is 24.7. The first-order valence-corrected chi connectivity index (χ1v) is 13.2. The van der Waals surface area contributed by atoms with Gasteiger partial charge >= 0.3 is 5.97 Å². The molecular formula is C31H23ClN2O2S. The molecule has 1 N–H and O–H groups in total. The Balaban J connectivity index is 1.71. The van der Waals surface area contributed by atoms with Gasteiger partial charge in [-0.3, -0.25) is 4.98 Å². The Hall–Kier alpha value is -3.98. The van der Waals surface area contributed by atoms with Crippen LogP contribution in [0, 0.1) is 17.2 Å². The molecule has 1 fully saturated rings. The fourth-order valence-electron chi connectivity index (χ4n) is 4.67. The number of benzene rings is 3. The molecule has 4 nitrogen and oxygen atoms in total. The molecular weight excluding hydrogens is 500 g/mol. The molecule has 5 rings (SSSR count). The predicted octanol–water partition coefficient (Wildman–Crippen LogP) is 8.19. The van der Waals surface area contributed by atoms with Crippen molar-refractivity contribution in [1.29, 1.82) is 5.26 Å². The average molecular weight is 523 g/mol. The third kappa shape index (κ3) is 5.41. The van der Waals surface area contributed by atoms with Crippen LogP contribution in [0.5, 0.6) is 0 Å². The van der Waals surface area contributed by atoms with Gasteiger partial charge in [-0.1, -0.05) is 72.6 Å².